The van der Waals surface area contributed by atoms with Crippen LogP contribution in [0.3, 0.4) is 0 Å². The van der Waals surface area contributed by atoms with Crippen molar-refractivity contribution in [3.05, 3.63) is 323 Å². The molecule has 0 aromatic heterocycles. The average molecular weight is 1310 g/mol. The molecule has 14 aromatic carbocycles. The van der Waals surface area contributed by atoms with Gasteiger partial charge in [-0.25, -0.2) is 9.69 Å². The number of hydrogen-bond donors (Lipinski definition) is 0. The standard InChI is InChI=1S/C89H60N4O8/c1-87(2)53-89(67-49-83(99-76-42-20-40-74(64(76)52-91)95-70-36-16-28-56-24-8-12-32-60(56)70)81(47-65(67)87)98-75-41-19-39-73(63(75)51-90)94-69-35-15-27-55-23-7-11-31-59(55)69)54-88(3,4)66-48-82(100-79-45-21-43-77(85(79)92-5)96-71-37-17-29-57-25-9-13-33-61(57)71)84(50-68(66)89)101-80-46-22-44-78(86(80)93-6)97-72-38-18-30-58-26-10-14-34-62(58)72/h7-50H,53-54H2,1-4H3. The molecule has 0 N–H and O–H groups in total. The fraction of sp³-hybridized carbons (Fsp3) is 0.101. The molecule has 1 spiro atoms. The summed E-state index contributed by atoms with van der Waals surface area (Å²) in [5.41, 5.74) is 2.48. The average Bonchev–Trinajstić information content (AvgIpc) is 1.52. The smallest absolute Gasteiger partial charge is 0.270 e. The Kier molecular flexibility index (Phi) is 15.5. The molecule has 0 bridgehead atoms. The van der Waals surface area contributed by atoms with Gasteiger partial charge in [0, 0.05) is 27.0 Å². The summed E-state index contributed by atoms with van der Waals surface area (Å²) in [4.78, 5) is 8.12. The summed E-state index contributed by atoms with van der Waals surface area (Å²) < 4.78 is 55.1. The van der Waals surface area contributed by atoms with E-state index in [4.69, 9.17) is 51.0 Å². The van der Waals surface area contributed by atoms with Gasteiger partial charge in [-0.3, -0.25) is 0 Å². The van der Waals surface area contributed by atoms with Crippen molar-refractivity contribution >= 4 is 54.5 Å². The van der Waals surface area contributed by atoms with E-state index in [0.29, 0.717) is 47.3 Å². The molecule has 14 aromatic rings. The van der Waals surface area contributed by atoms with E-state index in [-0.39, 0.29) is 80.0 Å². The Labute approximate surface area is 583 Å². The minimum atomic E-state index is -0.776. The Balaban J connectivity index is 0.856. The number of ether oxygens (including phenoxy) is 8. The summed E-state index contributed by atoms with van der Waals surface area (Å²) in [6, 6.07) is 88.8. The molecule has 1 unspecified atom stereocenters. The van der Waals surface area contributed by atoms with E-state index < -0.39 is 16.2 Å². The number of fused-ring (bicyclic) bond motifs is 8. The molecule has 0 radical (unpaired) electrons. The zero-order valence-corrected chi connectivity index (χ0v) is 55.4. The van der Waals surface area contributed by atoms with Gasteiger partial charge < -0.3 is 37.9 Å². The molecule has 0 heterocycles. The van der Waals surface area contributed by atoms with Crippen LogP contribution in [0.25, 0.3) is 52.8 Å². The third-order valence-electron chi connectivity index (χ3n) is 19.2. The van der Waals surface area contributed by atoms with Crippen molar-refractivity contribution < 1.29 is 37.9 Å². The highest BCUT2D eigenvalue weighted by atomic mass is 16.5. The summed E-state index contributed by atoms with van der Waals surface area (Å²) >= 11 is 0. The first-order valence-electron chi connectivity index (χ1n) is 33.1. The molecule has 101 heavy (non-hydrogen) atoms. The normalized spacial score (nSPS) is 14.4. The molecule has 12 heteroatoms. The number of hydrogen-bond acceptors (Lipinski definition) is 10. The molecule has 16 rings (SSSR count). The lowest BCUT2D eigenvalue weighted by atomic mass is 9.72. The number of benzene rings is 14. The minimum absolute atomic E-state index is 0.129. The van der Waals surface area contributed by atoms with Crippen molar-refractivity contribution in [1.29, 1.82) is 10.5 Å². The predicted molar refractivity (Wildman–Crippen MR) is 393 cm³/mol. The Morgan fingerprint density at radius 3 is 0.782 bits per heavy atom. The van der Waals surface area contributed by atoms with Crippen LogP contribution in [0.5, 0.6) is 92.0 Å². The second-order valence-electron chi connectivity index (χ2n) is 26.5. The lowest BCUT2D eigenvalue weighted by Gasteiger charge is -2.31. The second-order valence-corrected chi connectivity index (χ2v) is 26.5. The van der Waals surface area contributed by atoms with Crippen molar-refractivity contribution in [2.45, 2.75) is 56.8 Å². The van der Waals surface area contributed by atoms with Crippen LogP contribution in [-0.2, 0) is 16.2 Å². The van der Waals surface area contributed by atoms with E-state index in [2.05, 4.69) is 49.5 Å². The molecule has 1 atom stereocenters. The van der Waals surface area contributed by atoms with Gasteiger partial charge in [0.05, 0.1) is 13.1 Å². The molecular weight excluding hydrogens is 1250 g/mol. The molecule has 0 saturated carbocycles. The number of nitrogens with zero attached hydrogens (tertiary/aromatic N) is 4. The third kappa shape index (κ3) is 11.2. The van der Waals surface area contributed by atoms with Crippen molar-refractivity contribution in [3.8, 4) is 104 Å². The Hall–Kier alpha value is -13.5. The third-order valence-corrected chi connectivity index (χ3v) is 19.2. The van der Waals surface area contributed by atoms with Crippen LogP contribution < -0.4 is 37.9 Å². The minimum Gasteiger partial charge on any atom is -0.468 e. The maximum atomic E-state index is 11.2. The predicted octanol–water partition coefficient (Wildman–Crippen LogP) is 25.1. The zero-order valence-electron chi connectivity index (χ0n) is 55.4. The van der Waals surface area contributed by atoms with Crippen LogP contribution in [0.2, 0.25) is 0 Å². The van der Waals surface area contributed by atoms with Crippen LogP contribution >= 0.6 is 0 Å². The number of nitriles is 2. The van der Waals surface area contributed by atoms with Crippen LogP contribution in [0, 0.1) is 35.8 Å². The van der Waals surface area contributed by atoms with Gasteiger partial charge in [0.25, 0.3) is 11.4 Å². The van der Waals surface area contributed by atoms with Crippen LogP contribution in [0.1, 0.15) is 73.9 Å². The van der Waals surface area contributed by atoms with Gasteiger partial charge in [0.1, 0.15) is 92.3 Å². The zero-order chi connectivity index (χ0) is 69.0. The lowest BCUT2D eigenvalue weighted by Crippen LogP contribution is -2.27. The highest BCUT2D eigenvalue weighted by Crippen LogP contribution is 2.66. The van der Waals surface area contributed by atoms with Gasteiger partial charge in [-0.15, -0.1) is 0 Å². The van der Waals surface area contributed by atoms with E-state index in [1.165, 1.54) is 0 Å². The fourth-order valence-corrected chi connectivity index (χ4v) is 14.9. The van der Waals surface area contributed by atoms with Crippen molar-refractivity contribution in [1.82, 2.24) is 0 Å². The Morgan fingerprint density at radius 2 is 0.495 bits per heavy atom. The van der Waals surface area contributed by atoms with Gasteiger partial charge >= 0.3 is 0 Å². The highest BCUT2D eigenvalue weighted by Gasteiger charge is 2.57. The number of rotatable bonds is 16. The first-order valence-corrected chi connectivity index (χ1v) is 33.1. The van der Waals surface area contributed by atoms with Gasteiger partial charge in [0.2, 0.25) is 0 Å². The summed E-state index contributed by atoms with van der Waals surface area (Å²) in [7, 11) is 0. The topological polar surface area (TPSA) is 130 Å². The summed E-state index contributed by atoms with van der Waals surface area (Å²) in [5.74, 6) is 5.39. The molecule has 0 amide bonds. The molecule has 2 aliphatic rings. The van der Waals surface area contributed by atoms with Crippen LogP contribution in [0.4, 0.5) is 11.4 Å². The van der Waals surface area contributed by atoms with Gasteiger partial charge in [-0.2, -0.15) is 10.5 Å². The Bertz CT molecular complexity index is 5530. The molecule has 0 saturated heterocycles. The van der Waals surface area contributed by atoms with E-state index in [0.717, 1.165) is 65.3 Å². The SMILES string of the molecule is [C-]#[N+]c1c(Oc2cc3c(cc2Oc2cccc(Oc4cccc5ccccc45)c2[N+]#[C-])C2(CC(C)(C)c4cc(Oc5cccc(Oc6cccc7ccccc67)c5C#N)c(Oc5cccc(Oc6cccc7ccccc67)c5C#N)cc42)CC3(C)C)cccc1Oc1cccc2ccccc12. The maximum Gasteiger partial charge on any atom is 0.270 e. The maximum absolute atomic E-state index is 11.2. The van der Waals surface area contributed by atoms with Crippen molar-refractivity contribution in [3.63, 3.8) is 0 Å². The van der Waals surface area contributed by atoms with Crippen LogP contribution in [-0.4, -0.2) is 0 Å². The van der Waals surface area contributed by atoms with Gasteiger partial charge in [0.15, 0.2) is 23.0 Å². The first kappa shape index (κ1) is 62.3. The molecule has 0 fully saturated rings. The van der Waals surface area contributed by atoms with Gasteiger partial charge in [-0.05, 0) is 165 Å². The van der Waals surface area contributed by atoms with E-state index in [9.17, 15) is 10.5 Å². The molecule has 484 valence electrons. The summed E-state index contributed by atoms with van der Waals surface area (Å²) in [6.07, 6.45) is 1.20. The van der Waals surface area contributed by atoms with E-state index in [1.807, 2.05) is 194 Å². The van der Waals surface area contributed by atoms with E-state index >= 15 is 0 Å². The van der Waals surface area contributed by atoms with E-state index in [1.54, 1.807) is 72.8 Å². The van der Waals surface area contributed by atoms with Crippen molar-refractivity contribution in [2.24, 2.45) is 0 Å². The fourth-order valence-electron chi connectivity index (χ4n) is 14.9. The second kappa shape index (κ2) is 25.2. The Morgan fingerprint density at radius 1 is 0.277 bits per heavy atom. The monoisotopic (exact) mass is 1310 g/mol. The quantitative estimate of drug-likeness (QED) is 0.0862. The summed E-state index contributed by atoms with van der Waals surface area (Å²) in [5, 5.41) is 29.7. The lowest BCUT2D eigenvalue weighted by molar-refractivity contribution is 0.349. The number of para-hydroxylation sites is 2. The largest absolute Gasteiger partial charge is 0.468 e. The molecule has 12 nitrogen and oxygen atoms in total. The first-order chi connectivity index (χ1) is 49.3. The highest BCUT2D eigenvalue weighted by molar-refractivity contribution is 5.92. The van der Waals surface area contributed by atoms with Gasteiger partial charge in [-0.1, -0.05) is 198 Å². The molecular formula is C89H60N4O8. The molecule has 0 aliphatic heterocycles. The summed E-state index contributed by atoms with van der Waals surface area (Å²) in [6.45, 7) is 26.3. The van der Waals surface area contributed by atoms with Crippen molar-refractivity contribution in [2.75, 3.05) is 0 Å². The van der Waals surface area contributed by atoms with Crippen LogP contribution in [0.15, 0.2) is 267 Å². The molecule has 2 aliphatic carbocycles.